The van der Waals surface area contributed by atoms with E-state index >= 15 is 0 Å². The van der Waals surface area contributed by atoms with Crippen molar-refractivity contribution in [3.05, 3.63) is 0 Å². The quantitative estimate of drug-likeness (QED) is 0.457. The van der Waals surface area contributed by atoms with E-state index < -0.39 is 0 Å². The zero-order chi connectivity index (χ0) is 7.94. The third kappa shape index (κ3) is 1.62. The molecule has 0 aromatic heterocycles. The van der Waals surface area contributed by atoms with Crippen LogP contribution in [-0.4, -0.2) is 22.2 Å². The number of alkyl halides is 1. The summed E-state index contributed by atoms with van der Waals surface area (Å²) in [6, 6.07) is 0.433. The number of hydrogen-bond acceptors (Lipinski definition) is 2. The van der Waals surface area contributed by atoms with Crippen LogP contribution >= 0.6 is 11.6 Å². The van der Waals surface area contributed by atoms with Gasteiger partial charge in [-0.3, -0.25) is 4.84 Å². The average Bonchev–Trinajstić information content (AvgIpc) is 2.35. The van der Waals surface area contributed by atoms with Crippen molar-refractivity contribution >= 4 is 11.6 Å². The molecular weight excluding hydrogens is 150 g/mol. The van der Waals surface area contributed by atoms with Gasteiger partial charge in [0.2, 0.25) is 0 Å². The van der Waals surface area contributed by atoms with Crippen molar-refractivity contribution in [3.8, 4) is 0 Å². The lowest BCUT2D eigenvalue weighted by Gasteiger charge is -2.11. The van der Waals surface area contributed by atoms with Gasteiger partial charge in [0.1, 0.15) is 0 Å². The van der Waals surface area contributed by atoms with Crippen molar-refractivity contribution in [2.45, 2.75) is 44.8 Å². The predicted molar refractivity (Wildman–Crippen MR) is 41.8 cm³/mol. The lowest BCUT2D eigenvalue weighted by atomic mass is 10.2. The second kappa shape index (κ2) is 2.36. The molecule has 1 saturated heterocycles. The Labute approximate surface area is 67.1 Å². The van der Waals surface area contributed by atoms with Crippen molar-refractivity contribution < 1.29 is 4.84 Å². The Balaban J connectivity index is 2.39. The summed E-state index contributed by atoms with van der Waals surface area (Å²) in [6.07, 6.45) is 0.106. The zero-order valence-corrected chi connectivity index (χ0v) is 7.64. The maximum atomic E-state index is 6.00. The van der Waals surface area contributed by atoms with E-state index in [2.05, 4.69) is 13.8 Å². The molecule has 0 aromatic rings. The minimum atomic E-state index is -0.260. The van der Waals surface area contributed by atoms with Gasteiger partial charge < -0.3 is 0 Å². The molecule has 0 N–H and O–H groups in total. The van der Waals surface area contributed by atoms with Gasteiger partial charge in [-0.15, -0.1) is 11.6 Å². The maximum absolute atomic E-state index is 6.00. The molecule has 1 aliphatic heterocycles. The summed E-state index contributed by atoms with van der Waals surface area (Å²) in [6.45, 7) is 8.09. The van der Waals surface area contributed by atoms with E-state index in [1.54, 1.807) is 0 Å². The van der Waals surface area contributed by atoms with E-state index in [1.165, 1.54) is 0 Å². The van der Waals surface area contributed by atoms with Gasteiger partial charge in [0.25, 0.3) is 0 Å². The highest BCUT2D eigenvalue weighted by Crippen LogP contribution is 2.36. The van der Waals surface area contributed by atoms with Crippen LogP contribution in [-0.2, 0) is 4.84 Å². The maximum Gasteiger partial charge on any atom is 0.173 e. The Hall–Kier alpha value is 0.210. The summed E-state index contributed by atoms with van der Waals surface area (Å²) in [7, 11) is 0. The minimum Gasteiger partial charge on any atom is -0.273 e. The summed E-state index contributed by atoms with van der Waals surface area (Å²) >= 11 is 6.00. The molecule has 0 radical (unpaired) electrons. The highest BCUT2D eigenvalue weighted by molar-refractivity contribution is 6.23. The number of hydroxylamine groups is 2. The summed E-state index contributed by atoms with van der Waals surface area (Å²) < 4.78 is 0. The lowest BCUT2D eigenvalue weighted by molar-refractivity contribution is 0.163. The molecule has 0 amide bonds. The molecular formula is C7H14ClNO. The van der Waals surface area contributed by atoms with Gasteiger partial charge in [-0.1, -0.05) is 0 Å². The Morgan fingerprint density at radius 1 is 1.50 bits per heavy atom. The third-order valence-electron chi connectivity index (χ3n) is 1.50. The first kappa shape index (κ1) is 8.31. The van der Waals surface area contributed by atoms with Crippen molar-refractivity contribution in [2.24, 2.45) is 0 Å². The van der Waals surface area contributed by atoms with Gasteiger partial charge in [0.05, 0.1) is 4.87 Å². The molecule has 0 spiro atoms. The van der Waals surface area contributed by atoms with Crippen LogP contribution < -0.4 is 0 Å². The van der Waals surface area contributed by atoms with Gasteiger partial charge in [-0.05, 0) is 27.7 Å². The summed E-state index contributed by atoms with van der Waals surface area (Å²) in [5.74, 6) is 0. The third-order valence-corrected chi connectivity index (χ3v) is 1.69. The normalized spacial score (nSPS) is 33.0. The Morgan fingerprint density at radius 3 is 2.10 bits per heavy atom. The summed E-state index contributed by atoms with van der Waals surface area (Å²) in [5, 5.41) is 1.91. The predicted octanol–water partition coefficient (Wildman–Crippen LogP) is 1.99. The van der Waals surface area contributed by atoms with Crippen LogP contribution in [0.3, 0.4) is 0 Å². The molecule has 1 aliphatic rings. The van der Waals surface area contributed by atoms with Gasteiger partial charge in [0, 0.05) is 6.04 Å². The van der Waals surface area contributed by atoms with E-state index in [-0.39, 0.29) is 11.1 Å². The Kier molecular flexibility index (Phi) is 1.96. The molecule has 1 fully saturated rings. The summed E-state index contributed by atoms with van der Waals surface area (Å²) in [5.41, 5.74) is 0. The minimum absolute atomic E-state index is 0.106. The largest absolute Gasteiger partial charge is 0.273 e. The number of nitrogens with zero attached hydrogens (tertiary/aromatic N) is 1. The fourth-order valence-corrected chi connectivity index (χ4v) is 1.04. The van der Waals surface area contributed by atoms with Crippen molar-refractivity contribution in [2.75, 3.05) is 0 Å². The van der Waals surface area contributed by atoms with Crippen LogP contribution in [0.25, 0.3) is 0 Å². The second-order valence-corrected chi connectivity index (χ2v) is 4.45. The topological polar surface area (TPSA) is 15.5 Å². The SMILES string of the molecule is CC(C)N1OC1C(C)(C)Cl. The second-order valence-electron chi connectivity index (χ2n) is 3.48. The molecule has 0 aliphatic carbocycles. The van der Waals surface area contributed by atoms with Gasteiger partial charge in [-0.2, -0.15) is 5.06 Å². The molecule has 10 heavy (non-hydrogen) atoms. The van der Waals surface area contributed by atoms with Crippen molar-refractivity contribution in [3.63, 3.8) is 0 Å². The number of rotatable bonds is 2. The first-order valence-electron chi connectivity index (χ1n) is 3.57. The molecule has 60 valence electrons. The molecule has 2 nitrogen and oxygen atoms in total. The summed E-state index contributed by atoms with van der Waals surface area (Å²) in [4.78, 5) is 4.98. The number of hydrogen-bond donors (Lipinski definition) is 0. The van der Waals surface area contributed by atoms with Gasteiger partial charge in [0.15, 0.2) is 6.23 Å². The fraction of sp³-hybridized carbons (Fsp3) is 1.00. The van der Waals surface area contributed by atoms with E-state index in [1.807, 2.05) is 18.9 Å². The molecule has 0 aromatic carbocycles. The molecule has 0 saturated carbocycles. The monoisotopic (exact) mass is 163 g/mol. The average molecular weight is 164 g/mol. The molecule has 0 bridgehead atoms. The number of halogens is 1. The molecule has 1 rings (SSSR count). The highest BCUT2D eigenvalue weighted by Gasteiger charge is 2.48. The van der Waals surface area contributed by atoms with Crippen molar-refractivity contribution in [1.82, 2.24) is 5.06 Å². The molecule has 3 heteroatoms. The smallest absolute Gasteiger partial charge is 0.173 e. The Morgan fingerprint density at radius 2 is 2.00 bits per heavy atom. The van der Waals surface area contributed by atoms with Crippen LogP contribution in [0.4, 0.5) is 0 Å². The van der Waals surface area contributed by atoms with Crippen LogP contribution in [0, 0.1) is 0 Å². The van der Waals surface area contributed by atoms with E-state index in [0.717, 1.165) is 0 Å². The van der Waals surface area contributed by atoms with Crippen LogP contribution in [0.5, 0.6) is 0 Å². The van der Waals surface area contributed by atoms with Crippen LogP contribution in [0.2, 0.25) is 0 Å². The van der Waals surface area contributed by atoms with E-state index in [0.29, 0.717) is 6.04 Å². The first-order valence-corrected chi connectivity index (χ1v) is 3.94. The highest BCUT2D eigenvalue weighted by atomic mass is 35.5. The van der Waals surface area contributed by atoms with Crippen LogP contribution in [0.1, 0.15) is 27.7 Å². The van der Waals surface area contributed by atoms with Gasteiger partial charge in [-0.25, -0.2) is 0 Å². The van der Waals surface area contributed by atoms with Gasteiger partial charge >= 0.3 is 0 Å². The van der Waals surface area contributed by atoms with E-state index in [4.69, 9.17) is 16.4 Å². The molecule has 2 atom stereocenters. The first-order chi connectivity index (χ1) is 4.43. The fourth-order valence-electron chi connectivity index (χ4n) is 0.908. The molecule has 1 heterocycles. The van der Waals surface area contributed by atoms with Crippen molar-refractivity contribution in [1.29, 1.82) is 0 Å². The Bertz CT molecular complexity index is 130. The van der Waals surface area contributed by atoms with Crippen LogP contribution in [0.15, 0.2) is 0 Å². The zero-order valence-electron chi connectivity index (χ0n) is 6.89. The molecule has 2 unspecified atom stereocenters. The standard InChI is InChI=1S/C7H14ClNO/c1-5(2)9-6(10-9)7(3,4)8/h5-6H,1-4H3. The van der Waals surface area contributed by atoms with E-state index in [9.17, 15) is 0 Å². The lowest BCUT2D eigenvalue weighted by Crippen LogP contribution is -2.25.